The predicted octanol–water partition coefficient (Wildman–Crippen LogP) is 2.94. The molecule has 0 saturated heterocycles. The van der Waals surface area contributed by atoms with Crippen LogP contribution in [-0.4, -0.2) is 29.7 Å². The number of rotatable bonds is 7. The highest BCUT2D eigenvalue weighted by Gasteiger charge is 2.12. The van der Waals surface area contributed by atoms with Crippen LogP contribution in [0.4, 0.5) is 11.4 Å². The summed E-state index contributed by atoms with van der Waals surface area (Å²) in [5, 5.41) is 17.8. The van der Waals surface area contributed by atoms with E-state index in [0.717, 1.165) is 11.4 Å². The number of hydrogen-bond donors (Lipinski definition) is 2. The van der Waals surface area contributed by atoms with E-state index in [0.29, 0.717) is 11.3 Å². The Kier molecular flexibility index (Phi) is 6.26. The molecule has 0 aliphatic heterocycles. The van der Waals surface area contributed by atoms with Crippen LogP contribution in [0.2, 0.25) is 0 Å². The van der Waals surface area contributed by atoms with Gasteiger partial charge in [0.15, 0.2) is 0 Å². The van der Waals surface area contributed by atoms with Crippen LogP contribution >= 0.6 is 0 Å². The first-order valence-corrected chi connectivity index (χ1v) is 7.90. The van der Waals surface area contributed by atoms with Gasteiger partial charge in [-0.05, 0) is 55.8 Å². The van der Waals surface area contributed by atoms with E-state index in [1.807, 2.05) is 12.1 Å². The number of hydrogen-bond acceptors (Lipinski definition) is 6. The Morgan fingerprint density at radius 3 is 2.31 bits per heavy atom. The van der Waals surface area contributed by atoms with Crippen molar-refractivity contribution in [2.75, 3.05) is 12.4 Å². The summed E-state index contributed by atoms with van der Waals surface area (Å²) in [6.07, 6.45) is 0. The van der Waals surface area contributed by atoms with E-state index in [4.69, 9.17) is 4.74 Å². The van der Waals surface area contributed by atoms with Crippen molar-refractivity contribution in [3.05, 3.63) is 64.2 Å². The first-order chi connectivity index (χ1) is 12.4. The molecule has 0 unspecified atom stereocenters. The standard InChI is InChI=1S/C18H20N4O4/c1-12(14-4-8-16(9-5-14)22(24)25)20-21-18(23)13(2)19-15-6-10-17(26-3)11-7-15/h4-11,13,19H,1-3H3,(H,21,23)/b20-12+/t13-/m0/s1. The van der Waals surface area contributed by atoms with Gasteiger partial charge < -0.3 is 10.1 Å². The fourth-order valence-electron chi connectivity index (χ4n) is 2.13. The van der Waals surface area contributed by atoms with Crippen LogP contribution in [0.5, 0.6) is 5.75 Å². The largest absolute Gasteiger partial charge is 0.497 e. The molecular formula is C18H20N4O4. The average molecular weight is 356 g/mol. The number of benzene rings is 2. The van der Waals surface area contributed by atoms with Gasteiger partial charge in [0.1, 0.15) is 11.8 Å². The quantitative estimate of drug-likeness (QED) is 0.451. The van der Waals surface area contributed by atoms with Crippen molar-refractivity contribution in [1.29, 1.82) is 0 Å². The SMILES string of the molecule is COc1ccc(N[C@@H](C)C(=O)N/N=C(\C)c2ccc([N+](=O)[O-])cc2)cc1. The Balaban J connectivity index is 1.94. The molecule has 8 nitrogen and oxygen atoms in total. The monoisotopic (exact) mass is 356 g/mol. The summed E-state index contributed by atoms with van der Waals surface area (Å²) < 4.78 is 5.09. The highest BCUT2D eigenvalue weighted by atomic mass is 16.6. The van der Waals surface area contributed by atoms with Crippen molar-refractivity contribution in [3.63, 3.8) is 0 Å². The molecular weight excluding hydrogens is 336 g/mol. The van der Waals surface area contributed by atoms with Crippen molar-refractivity contribution >= 4 is 23.0 Å². The minimum Gasteiger partial charge on any atom is -0.497 e. The lowest BCUT2D eigenvalue weighted by atomic mass is 10.1. The molecule has 0 saturated carbocycles. The van der Waals surface area contributed by atoms with E-state index >= 15 is 0 Å². The van der Waals surface area contributed by atoms with E-state index < -0.39 is 11.0 Å². The molecule has 2 N–H and O–H groups in total. The van der Waals surface area contributed by atoms with E-state index in [9.17, 15) is 14.9 Å². The first-order valence-electron chi connectivity index (χ1n) is 7.90. The van der Waals surface area contributed by atoms with E-state index in [1.54, 1.807) is 45.2 Å². The number of carbonyl (C=O) groups excluding carboxylic acids is 1. The third-order valence-corrected chi connectivity index (χ3v) is 3.70. The van der Waals surface area contributed by atoms with Gasteiger partial charge in [0.25, 0.3) is 11.6 Å². The number of methoxy groups -OCH3 is 1. The van der Waals surface area contributed by atoms with Gasteiger partial charge in [-0.2, -0.15) is 5.10 Å². The number of non-ortho nitro benzene ring substituents is 1. The van der Waals surface area contributed by atoms with E-state index in [2.05, 4.69) is 15.8 Å². The lowest BCUT2D eigenvalue weighted by Crippen LogP contribution is -2.35. The number of nitrogens with zero attached hydrogens (tertiary/aromatic N) is 2. The van der Waals surface area contributed by atoms with Crippen molar-refractivity contribution in [3.8, 4) is 5.75 Å². The predicted molar refractivity (Wildman–Crippen MR) is 99.5 cm³/mol. The third kappa shape index (κ3) is 5.04. The number of nitro groups is 1. The summed E-state index contributed by atoms with van der Waals surface area (Å²) in [5.74, 6) is 0.429. The lowest BCUT2D eigenvalue weighted by molar-refractivity contribution is -0.384. The third-order valence-electron chi connectivity index (χ3n) is 3.70. The van der Waals surface area contributed by atoms with Crippen LogP contribution in [0.1, 0.15) is 19.4 Å². The van der Waals surface area contributed by atoms with E-state index in [1.165, 1.54) is 12.1 Å². The van der Waals surface area contributed by atoms with Gasteiger partial charge in [-0.25, -0.2) is 5.43 Å². The number of nitrogens with one attached hydrogen (secondary N) is 2. The van der Waals surface area contributed by atoms with Gasteiger partial charge in [0.05, 0.1) is 17.7 Å². The fourth-order valence-corrected chi connectivity index (χ4v) is 2.13. The molecule has 136 valence electrons. The van der Waals surface area contributed by atoms with Crippen molar-refractivity contribution in [2.45, 2.75) is 19.9 Å². The number of ether oxygens (including phenoxy) is 1. The Morgan fingerprint density at radius 1 is 1.15 bits per heavy atom. The zero-order valence-electron chi connectivity index (χ0n) is 14.7. The van der Waals surface area contributed by atoms with Gasteiger partial charge in [0.2, 0.25) is 0 Å². The van der Waals surface area contributed by atoms with Crippen LogP contribution in [0, 0.1) is 10.1 Å². The molecule has 1 amide bonds. The Hall–Kier alpha value is -3.42. The van der Waals surface area contributed by atoms with Crippen LogP contribution in [0.15, 0.2) is 53.6 Å². The molecule has 0 fully saturated rings. The average Bonchev–Trinajstić information content (AvgIpc) is 2.66. The summed E-state index contributed by atoms with van der Waals surface area (Å²) in [5.41, 5.74) is 4.51. The summed E-state index contributed by atoms with van der Waals surface area (Å²) in [6.45, 7) is 3.43. The highest BCUT2D eigenvalue weighted by Crippen LogP contribution is 2.16. The molecule has 0 aliphatic carbocycles. The summed E-state index contributed by atoms with van der Waals surface area (Å²) >= 11 is 0. The summed E-state index contributed by atoms with van der Waals surface area (Å²) in [7, 11) is 1.59. The number of nitro benzene ring substituents is 1. The number of anilines is 1. The van der Waals surface area contributed by atoms with Crippen molar-refractivity contribution < 1.29 is 14.5 Å². The first kappa shape index (κ1) is 18.9. The van der Waals surface area contributed by atoms with Gasteiger partial charge in [-0.15, -0.1) is 0 Å². The molecule has 0 heterocycles. The van der Waals surface area contributed by atoms with Crippen LogP contribution in [-0.2, 0) is 4.79 Å². The maximum atomic E-state index is 12.2. The molecule has 26 heavy (non-hydrogen) atoms. The molecule has 0 radical (unpaired) electrons. The van der Waals surface area contributed by atoms with Crippen LogP contribution in [0.25, 0.3) is 0 Å². The second kappa shape index (κ2) is 8.61. The smallest absolute Gasteiger partial charge is 0.269 e. The zero-order chi connectivity index (χ0) is 19.1. The minimum atomic E-state index is -0.503. The molecule has 2 aromatic carbocycles. The molecule has 0 spiro atoms. The van der Waals surface area contributed by atoms with Crippen molar-refractivity contribution in [2.24, 2.45) is 5.10 Å². The molecule has 0 aliphatic rings. The fraction of sp³-hybridized carbons (Fsp3) is 0.222. The second-order valence-electron chi connectivity index (χ2n) is 5.57. The van der Waals surface area contributed by atoms with Gasteiger partial charge in [-0.3, -0.25) is 14.9 Å². The maximum Gasteiger partial charge on any atom is 0.269 e. The number of amides is 1. The van der Waals surface area contributed by atoms with Crippen molar-refractivity contribution in [1.82, 2.24) is 5.43 Å². The zero-order valence-corrected chi connectivity index (χ0v) is 14.7. The van der Waals surface area contributed by atoms with Gasteiger partial charge in [0, 0.05) is 17.8 Å². The topological polar surface area (TPSA) is 106 Å². The molecule has 1 atom stereocenters. The number of carbonyl (C=O) groups is 1. The van der Waals surface area contributed by atoms with Gasteiger partial charge >= 0.3 is 0 Å². The molecule has 0 aromatic heterocycles. The normalized spacial score (nSPS) is 12.2. The highest BCUT2D eigenvalue weighted by molar-refractivity contribution is 5.99. The molecule has 0 bridgehead atoms. The Labute approximate surface area is 151 Å². The maximum absolute atomic E-state index is 12.2. The minimum absolute atomic E-state index is 0.00268. The second-order valence-corrected chi connectivity index (χ2v) is 5.57. The van der Waals surface area contributed by atoms with E-state index in [-0.39, 0.29) is 11.6 Å². The summed E-state index contributed by atoms with van der Waals surface area (Å²) in [4.78, 5) is 22.3. The van der Waals surface area contributed by atoms with Crippen LogP contribution < -0.4 is 15.5 Å². The molecule has 2 rings (SSSR count). The molecule has 8 heteroatoms. The lowest BCUT2D eigenvalue weighted by Gasteiger charge is -2.14. The Bertz CT molecular complexity index is 801. The summed E-state index contributed by atoms with van der Waals surface area (Å²) in [6, 6.07) is 12.7. The Morgan fingerprint density at radius 2 is 1.77 bits per heavy atom. The molecule has 2 aromatic rings. The van der Waals surface area contributed by atoms with Crippen LogP contribution in [0.3, 0.4) is 0 Å². The van der Waals surface area contributed by atoms with Gasteiger partial charge in [-0.1, -0.05) is 0 Å². The number of hydrazone groups is 1.